The minimum absolute atomic E-state index is 0.0926. The molecule has 1 saturated heterocycles. The number of ether oxygens (including phenoxy) is 1. The Morgan fingerprint density at radius 3 is 2.46 bits per heavy atom. The highest BCUT2D eigenvalue weighted by atomic mass is 16.7. The van der Waals surface area contributed by atoms with Crippen LogP contribution in [0.2, 0.25) is 0 Å². The average Bonchev–Trinajstić information content (AvgIpc) is 3.41. The molecule has 1 heterocycles. The number of hydrogen-bond acceptors (Lipinski definition) is 8. The molecule has 0 unspecified atom stereocenters. The van der Waals surface area contributed by atoms with Crippen LogP contribution in [-0.4, -0.2) is 87.1 Å². The van der Waals surface area contributed by atoms with Gasteiger partial charge in [-0.3, -0.25) is 14.4 Å². The number of aliphatic hydroxyl groups excluding tert-OH is 1. The van der Waals surface area contributed by atoms with E-state index in [0.29, 0.717) is 41.0 Å². The Morgan fingerprint density at radius 1 is 1.15 bits per heavy atom. The van der Waals surface area contributed by atoms with E-state index in [1.807, 2.05) is 55.4 Å². The molecule has 4 fully saturated rings. The molecule has 0 aromatic heterocycles. The number of amides is 2. The van der Waals surface area contributed by atoms with E-state index in [1.165, 1.54) is 6.42 Å². The maximum atomic E-state index is 14.4. The Labute approximate surface area is 286 Å². The molecule has 0 radical (unpaired) electrons. The lowest BCUT2D eigenvalue weighted by atomic mass is 9.45. The van der Waals surface area contributed by atoms with Gasteiger partial charge in [-0.25, -0.2) is 0 Å². The molecule has 6 rings (SSSR count). The van der Waals surface area contributed by atoms with E-state index in [1.54, 1.807) is 26.1 Å². The van der Waals surface area contributed by atoms with Crippen LogP contribution in [0.5, 0.6) is 5.75 Å². The second-order valence-electron chi connectivity index (χ2n) is 15.4. The number of methoxy groups -OCH3 is 1. The number of hydroxylamine groups is 2. The molecule has 1 aliphatic heterocycles. The van der Waals surface area contributed by atoms with Crippen molar-refractivity contribution >= 4 is 17.5 Å². The van der Waals surface area contributed by atoms with Crippen molar-refractivity contribution in [1.82, 2.24) is 21.0 Å². The van der Waals surface area contributed by atoms with Crippen LogP contribution in [0.1, 0.15) is 70.3 Å². The maximum Gasteiger partial charge on any atom is 0.251 e. The van der Waals surface area contributed by atoms with Gasteiger partial charge in [0.05, 0.1) is 25.9 Å². The summed E-state index contributed by atoms with van der Waals surface area (Å²) in [5.41, 5.74) is 4.24. The van der Waals surface area contributed by atoms with Crippen molar-refractivity contribution in [3.8, 4) is 16.9 Å². The SMILES string of the molecule is CNC(=O)c1cc(-c2cccc(CN3O[C@@H](CNC(C)C)[C@@H]([C@H](C)O)[C@H]3C(=O)N[C@H]3C[C@@H]4C[C@H]([C@@H]3C)C4(C)C)c2OC)cc(N(C)C)c1. The number of rotatable bonds is 12. The Balaban J connectivity index is 1.49. The first-order valence-corrected chi connectivity index (χ1v) is 17.5. The van der Waals surface area contributed by atoms with Gasteiger partial charge in [0.25, 0.3) is 5.91 Å². The van der Waals surface area contributed by atoms with Gasteiger partial charge < -0.3 is 30.7 Å². The fourth-order valence-electron chi connectivity index (χ4n) is 8.50. The summed E-state index contributed by atoms with van der Waals surface area (Å²) in [6.07, 6.45) is 1.03. The molecular weight excluding hydrogens is 606 g/mol. The van der Waals surface area contributed by atoms with Gasteiger partial charge >= 0.3 is 0 Å². The van der Waals surface area contributed by atoms with Crippen molar-refractivity contribution in [2.24, 2.45) is 29.1 Å². The second kappa shape index (κ2) is 14.4. The minimum atomic E-state index is -0.772. The number of carbonyl (C=O) groups is 2. The van der Waals surface area contributed by atoms with Crippen molar-refractivity contribution in [1.29, 1.82) is 0 Å². The van der Waals surface area contributed by atoms with Crippen LogP contribution >= 0.6 is 0 Å². The number of benzene rings is 2. The standard InChI is InChI=1S/C38H57N5O5/c1-21(2)40-19-32-33(23(4)44)34(37(46)41-31-18-27-17-30(22(31)3)38(27,5)6)43(48-32)20-24-12-11-13-29(35(24)47-10)25-14-26(36(45)39-7)16-28(15-25)42(8)9/h11-16,21-23,27,30-34,40,44H,17-20H2,1-10H3,(H,39,45)(H,41,46)/t22-,23-,27-,30+,31-,32-,33+,34-/m0/s1. The van der Waals surface area contributed by atoms with Crippen LogP contribution in [0.25, 0.3) is 11.1 Å². The normalized spacial score (nSPS) is 28.5. The first-order chi connectivity index (χ1) is 22.7. The molecule has 10 nitrogen and oxygen atoms in total. The zero-order chi connectivity index (χ0) is 35.1. The Kier molecular flexibility index (Phi) is 10.8. The minimum Gasteiger partial charge on any atom is -0.496 e. The first kappa shape index (κ1) is 36.1. The van der Waals surface area contributed by atoms with E-state index in [9.17, 15) is 14.7 Å². The molecular formula is C38H57N5O5. The van der Waals surface area contributed by atoms with Gasteiger partial charge in [0, 0.05) is 68.1 Å². The lowest BCUT2D eigenvalue weighted by Gasteiger charge is -2.62. The van der Waals surface area contributed by atoms with E-state index >= 15 is 0 Å². The molecule has 2 bridgehead atoms. The number of anilines is 1. The zero-order valence-corrected chi connectivity index (χ0v) is 30.5. The van der Waals surface area contributed by atoms with Crippen LogP contribution in [0, 0.1) is 29.1 Å². The number of carbonyl (C=O) groups excluding carboxylic acids is 2. The number of fused-ring (bicyclic) bond motifs is 2. The predicted molar refractivity (Wildman–Crippen MR) is 190 cm³/mol. The third kappa shape index (κ3) is 6.95. The molecule has 2 aromatic carbocycles. The number of hydrogen-bond donors (Lipinski definition) is 4. The lowest BCUT2D eigenvalue weighted by Crippen LogP contribution is -2.62. The molecule has 10 heteroatoms. The number of nitrogens with zero attached hydrogens (tertiary/aromatic N) is 2. The van der Waals surface area contributed by atoms with Crippen molar-refractivity contribution in [3.63, 3.8) is 0 Å². The van der Waals surface area contributed by atoms with Crippen LogP contribution < -0.4 is 25.6 Å². The number of para-hydroxylation sites is 1. The zero-order valence-electron chi connectivity index (χ0n) is 30.5. The monoisotopic (exact) mass is 663 g/mol. The fraction of sp³-hybridized carbons (Fsp3) is 0.632. The van der Waals surface area contributed by atoms with Crippen LogP contribution in [0.4, 0.5) is 5.69 Å². The molecule has 4 aliphatic rings. The van der Waals surface area contributed by atoms with Gasteiger partial charge in [0.1, 0.15) is 11.8 Å². The maximum absolute atomic E-state index is 14.4. The summed E-state index contributed by atoms with van der Waals surface area (Å²) in [6, 6.07) is 11.3. The van der Waals surface area contributed by atoms with Crippen molar-refractivity contribution in [3.05, 3.63) is 47.5 Å². The van der Waals surface area contributed by atoms with Gasteiger partial charge in [-0.1, -0.05) is 52.8 Å². The Morgan fingerprint density at radius 2 is 1.88 bits per heavy atom. The molecule has 3 aliphatic carbocycles. The van der Waals surface area contributed by atoms with Crippen LogP contribution in [0.3, 0.4) is 0 Å². The highest BCUT2D eigenvalue weighted by Gasteiger charge is 2.57. The molecule has 264 valence electrons. The third-order valence-electron chi connectivity index (χ3n) is 11.5. The Hall–Kier alpha value is -3.18. The van der Waals surface area contributed by atoms with Gasteiger partial charge in [0.15, 0.2) is 0 Å². The summed E-state index contributed by atoms with van der Waals surface area (Å²) in [4.78, 5) is 35.6. The summed E-state index contributed by atoms with van der Waals surface area (Å²) < 4.78 is 6.06. The van der Waals surface area contributed by atoms with Crippen molar-refractivity contribution in [2.45, 2.75) is 91.3 Å². The lowest BCUT2D eigenvalue weighted by molar-refractivity contribution is -0.177. The highest BCUT2D eigenvalue weighted by Crippen LogP contribution is 2.61. The fourth-order valence-corrected chi connectivity index (χ4v) is 8.50. The molecule has 3 saturated carbocycles. The topological polar surface area (TPSA) is 115 Å². The van der Waals surface area contributed by atoms with Crippen molar-refractivity contribution < 1.29 is 24.3 Å². The summed E-state index contributed by atoms with van der Waals surface area (Å²) in [6.45, 7) is 13.7. The molecule has 8 atom stereocenters. The van der Waals surface area contributed by atoms with Gasteiger partial charge in [-0.05, 0) is 66.7 Å². The van der Waals surface area contributed by atoms with Gasteiger partial charge in [0.2, 0.25) is 5.91 Å². The van der Waals surface area contributed by atoms with Crippen molar-refractivity contribution in [2.75, 3.05) is 39.7 Å². The summed E-state index contributed by atoms with van der Waals surface area (Å²) in [7, 11) is 7.14. The van der Waals surface area contributed by atoms with Gasteiger partial charge in [-0.2, -0.15) is 5.06 Å². The van der Waals surface area contributed by atoms with E-state index in [2.05, 4.69) is 50.6 Å². The quantitative estimate of drug-likeness (QED) is 0.264. The number of aliphatic hydroxyl groups is 1. The third-order valence-corrected chi connectivity index (χ3v) is 11.5. The molecule has 2 aromatic rings. The summed E-state index contributed by atoms with van der Waals surface area (Å²) >= 11 is 0. The van der Waals surface area contributed by atoms with Gasteiger partial charge in [-0.15, -0.1) is 0 Å². The highest BCUT2D eigenvalue weighted by molar-refractivity contribution is 5.97. The number of nitrogens with one attached hydrogen (secondary N) is 3. The van der Waals surface area contributed by atoms with Crippen LogP contribution in [-0.2, 0) is 16.2 Å². The van der Waals surface area contributed by atoms with E-state index < -0.39 is 24.2 Å². The molecule has 48 heavy (non-hydrogen) atoms. The molecule has 0 spiro atoms. The smallest absolute Gasteiger partial charge is 0.251 e. The van der Waals surface area contributed by atoms with E-state index in [4.69, 9.17) is 9.57 Å². The largest absolute Gasteiger partial charge is 0.496 e. The van der Waals surface area contributed by atoms with E-state index in [-0.39, 0.29) is 30.4 Å². The summed E-state index contributed by atoms with van der Waals surface area (Å²) in [5, 5.41) is 22.5. The molecule has 2 amide bonds. The summed E-state index contributed by atoms with van der Waals surface area (Å²) in [5.74, 6) is 1.50. The predicted octanol–water partition coefficient (Wildman–Crippen LogP) is 4.45. The average molecular weight is 664 g/mol. The van der Waals surface area contributed by atoms with E-state index in [0.717, 1.165) is 28.8 Å². The Bertz CT molecular complexity index is 1480. The second-order valence-corrected chi connectivity index (χ2v) is 15.4. The molecule has 4 N–H and O–H groups in total. The first-order valence-electron chi connectivity index (χ1n) is 17.5. The van der Waals surface area contributed by atoms with Crippen LogP contribution in [0.15, 0.2) is 36.4 Å².